The zero-order valence-corrected chi connectivity index (χ0v) is 7.46. The Balaban J connectivity index is 3.03. The third-order valence-electron chi connectivity index (χ3n) is 1.20. The van der Waals surface area contributed by atoms with E-state index >= 15 is 0 Å². The summed E-state index contributed by atoms with van der Waals surface area (Å²) >= 11 is 6.97. The smallest absolute Gasteiger partial charge is 0.185 e. The van der Waals surface area contributed by atoms with Crippen LogP contribution in [0, 0.1) is 0 Å². The van der Waals surface area contributed by atoms with E-state index in [1.54, 1.807) is 0 Å². The molecule has 0 saturated carbocycles. The fourth-order valence-corrected chi connectivity index (χ4v) is 1.78. The monoisotopic (exact) mass is 176 g/mol. The highest BCUT2D eigenvalue weighted by atomic mass is 35.5. The van der Waals surface area contributed by atoms with E-state index in [1.807, 2.05) is 13.8 Å². The minimum atomic E-state index is 0.365. The molecule has 2 N–H and O–H groups in total. The van der Waals surface area contributed by atoms with Crippen LogP contribution in [0.1, 0.15) is 25.5 Å². The first-order chi connectivity index (χ1) is 4.61. The van der Waals surface area contributed by atoms with Crippen molar-refractivity contribution in [2.75, 3.05) is 5.73 Å². The van der Waals surface area contributed by atoms with Crippen LogP contribution >= 0.6 is 22.9 Å². The van der Waals surface area contributed by atoms with Crippen molar-refractivity contribution in [3.8, 4) is 0 Å². The summed E-state index contributed by atoms with van der Waals surface area (Å²) in [7, 11) is 0. The molecule has 1 aromatic rings. The van der Waals surface area contributed by atoms with Crippen molar-refractivity contribution in [2.24, 2.45) is 0 Å². The van der Waals surface area contributed by atoms with Gasteiger partial charge in [0.1, 0.15) is 5.00 Å². The number of rotatable bonds is 1. The second-order valence-corrected chi connectivity index (χ2v) is 3.98. The third kappa shape index (κ3) is 1.41. The van der Waals surface area contributed by atoms with Crippen molar-refractivity contribution in [3.63, 3.8) is 0 Å². The summed E-state index contributed by atoms with van der Waals surface area (Å²) in [5.74, 6) is 0.365. The van der Waals surface area contributed by atoms with Gasteiger partial charge >= 0.3 is 0 Å². The van der Waals surface area contributed by atoms with Crippen LogP contribution in [0.3, 0.4) is 0 Å². The molecule has 1 heterocycles. The minimum absolute atomic E-state index is 0.365. The number of nitrogens with two attached hydrogens (primary N) is 1. The van der Waals surface area contributed by atoms with Gasteiger partial charge in [-0.25, -0.2) is 4.98 Å². The molecule has 0 aliphatic rings. The van der Waals surface area contributed by atoms with Crippen LogP contribution in [0.2, 0.25) is 4.47 Å². The van der Waals surface area contributed by atoms with E-state index in [0.29, 0.717) is 10.4 Å². The Morgan fingerprint density at radius 2 is 2.20 bits per heavy atom. The molecular weight excluding hydrogens is 168 g/mol. The van der Waals surface area contributed by atoms with Gasteiger partial charge in [-0.3, -0.25) is 0 Å². The van der Waals surface area contributed by atoms with Crippen molar-refractivity contribution in [2.45, 2.75) is 19.8 Å². The first-order valence-corrected chi connectivity index (χ1v) is 4.22. The highest BCUT2D eigenvalue weighted by Gasteiger charge is 2.09. The van der Waals surface area contributed by atoms with Crippen molar-refractivity contribution in [3.05, 3.63) is 10.2 Å². The molecule has 0 unspecified atom stereocenters. The predicted molar refractivity (Wildman–Crippen MR) is 45.6 cm³/mol. The van der Waals surface area contributed by atoms with Crippen LogP contribution in [0.15, 0.2) is 0 Å². The molecule has 0 bridgehead atoms. The van der Waals surface area contributed by atoms with E-state index < -0.39 is 0 Å². The van der Waals surface area contributed by atoms with Crippen molar-refractivity contribution in [1.29, 1.82) is 0 Å². The maximum Gasteiger partial charge on any atom is 0.185 e. The highest BCUT2D eigenvalue weighted by Crippen LogP contribution is 2.29. The van der Waals surface area contributed by atoms with E-state index in [9.17, 15) is 0 Å². The van der Waals surface area contributed by atoms with Gasteiger partial charge in [-0.15, -0.1) is 0 Å². The molecule has 0 amide bonds. The number of hydrogen-bond donors (Lipinski definition) is 1. The van der Waals surface area contributed by atoms with Gasteiger partial charge in [0.15, 0.2) is 4.47 Å². The summed E-state index contributed by atoms with van der Waals surface area (Å²) in [4.78, 5) is 4.07. The van der Waals surface area contributed by atoms with Gasteiger partial charge < -0.3 is 5.73 Å². The minimum Gasteiger partial charge on any atom is -0.389 e. The second kappa shape index (κ2) is 2.76. The molecule has 0 radical (unpaired) electrons. The lowest BCUT2D eigenvalue weighted by Crippen LogP contribution is -1.92. The van der Waals surface area contributed by atoms with E-state index in [4.69, 9.17) is 17.3 Å². The molecule has 0 saturated heterocycles. The van der Waals surface area contributed by atoms with Gasteiger partial charge in [0, 0.05) is 0 Å². The van der Waals surface area contributed by atoms with Crippen LogP contribution in [0.5, 0.6) is 0 Å². The lowest BCUT2D eigenvalue weighted by molar-refractivity contribution is 0.836. The standard InChI is InChI=1S/C6H9ClN2S/c1-3(2)4-5(8)10-6(7)9-4/h3H,8H2,1-2H3. The molecular formula is C6H9ClN2S. The summed E-state index contributed by atoms with van der Waals surface area (Å²) in [6, 6.07) is 0. The number of nitrogens with zero attached hydrogens (tertiary/aromatic N) is 1. The molecule has 0 aromatic carbocycles. The van der Waals surface area contributed by atoms with Gasteiger partial charge in [-0.1, -0.05) is 36.8 Å². The SMILES string of the molecule is CC(C)c1nc(Cl)sc1N. The average Bonchev–Trinajstić information content (AvgIpc) is 2.10. The number of thiazole rings is 1. The van der Waals surface area contributed by atoms with Crippen LogP contribution < -0.4 is 5.73 Å². The molecule has 0 atom stereocenters. The zero-order chi connectivity index (χ0) is 7.72. The number of anilines is 1. The first kappa shape index (κ1) is 7.82. The summed E-state index contributed by atoms with van der Waals surface area (Å²) in [5.41, 5.74) is 6.53. The Morgan fingerprint density at radius 3 is 2.40 bits per heavy atom. The molecule has 56 valence electrons. The molecule has 2 nitrogen and oxygen atoms in total. The lowest BCUT2D eigenvalue weighted by Gasteiger charge is -1.98. The predicted octanol–water partition coefficient (Wildman–Crippen LogP) is 2.50. The Hall–Kier alpha value is -0.280. The molecule has 1 rings (SSSR count). The summed E-state index contributed by atoms with van der Waals surface area (Å²) in [6.45, 7) is 4.09. The molecule has 4 heteroatoms. The third-order valence-corrected chi connectivity index (χ3v) is 2.21. The van der Waals surface area contributed by atoms with Gasteiger partial charge in [0.05, 0.1) is 5.69 Å². The van der Waals surface area contributed by atoms with Gasteiger partial charge in [-0.05, 0) is 5.92 Å². The van der Waals surface area contributed by atoms with Gasteiger partial charge in [-0.2, -0.15) is 0 Å². The largest absolute Gasteiger partial charge is 0.389 e. The van der Waals surface area contributed by atoms with Gasteiger partial charge in [0.2, 0.25) is 0 Å². The van der Waals surface area contributed by atoms with E-state index in [0.717, 1.165) is 10.7 Å². The van der Waals surface area contributed by atoms with Crippen molar-refractivity contribution >= 4 is 27.9 Å². The maximum atomic E-state index is 5.64. The zero-order valence-electron chi connectivity index (χ0n) is 5.89. The number of aromatic nitrogens is 1. The number of halogens is 1. The first-order valence-electron chi connectivity index (χ1n) is 3.03. The Morgan fingerprint density at radius 1 is 1.60 bits per heavy atom. The fraction of sp³-hybridized carbons (Fsp3) is 0.500. The second-order valence-electron chi connectivity index (χ2n) is 2.37. The number of nitrogen functional groups attached to an aromatic ring is 1. The molecule has 0 aliphatic heterocycles. The van der Waals surface area contributed by atoms with Gasteiger partial charge in [0.25, 0.3) is 0 Å². The van der Waals surface area contributed by atoms with Crippen LogP contribution in [-0.4, -0.2) is 4.98 Å². The number of hydrogen-bond acceptors (Lipinski definition) is 3. The molecule has 0 fully saturated rings. The van der Waals surface area contributed by atoms with Crippen LogP contribution in [0.4, 0.5) is 5.00 Å². The Kier molecular flexibility index (Phi) is 2.16. The van der Waals surface area contributed by atoms with E-state index in [-0.39, 0.29) is 0 Å². The Bertz CT molecular complexity index is 232. The topological polar surface area (TPSA) is 38.9 Å². The van der Waals surface area contributed by atoms with E-state index in [2.05, 4.69) is 4.98 Å². The van der Waals surface area contributed by atoms with Crippen molar-refractivity contribution in [1.82, 2.24) is 4.98 Å². The Labute approximate surface area is 69.0 Å². The average molecular weight is 177 g/mol. The highest BCUT2D eigenvalue weighted by molar-refractivity contribution is 7.19. The summed E-state index contributed by atoms with van der Waals surface area (Å²) in [5, 5.41) is 0.736. The maximum absolute atomic E-state index is 5.64. The summed E-state index contributed by atoms with van der Waals surface area (Å²) in [6.07, 6.45) is 0. The fourth-order valence-electron chi connectivity index (χ4n) is 0.729. The van der Waals surface area contributed by atoms with Crippen molar-refractivity contribution < 1.29 is 0 Å². The van der Waals surface area contributed by atoms with Crippen LogP contribution in [-0.2, 0) is 0 Å². The molecule has 10 heavy (non-hydrogen) atoms. The van der Waals surface area contributed by atoms with E-state index in [1.165, 1.54) is 11.3 Å². The molecule has 0 spiro atoms. The normalized spacial score (nSPS) is 10.8. The quantitative estimate of drug-likeness (QED) is 0.714. The molecule has 0 aliphatic carbocycles. The lowest BCUT2D eigenvalue weighted by atomic mass is 10.1. The summed E-state index contributed by atoms with van der Waals surface area (Å²) < 4.78 is 0.529. The van der Waals surface area contributed by atoms with Crippen LogP contribution in [0.25, 0.3) is 0 Å². The molecule has 1 aromatic heterocycles.